The number of nitrogens with one attached hydrogen (secondary N) is 1. The molecule has 0 fully saturated rings. The van der Waals surface area contributed by atoms with Gasteiger partial charge in [-0.05, 0) is 37.1 Å². The van der Waals surface area contributed by atoms with Gasteiger partial charge in [0.1, 0.15) is 18.1 Å². The molecule has 5 nitrogen and oxygen atoms in total. The van der Waals surface area contributed by atoms with E-state index in [1.54, 1.807) is 32.0 Å². The van der Waals surface area contributed by atoms with Crippen LogP contribution in [-0.4, -0.2) is 27.6 Å². The van der Waals surface area contributed by atoms with Crippen LogP contribution < -0.4 is 10.1 Å². The van der Waals surface area contributed by atoms with E-state index in [0.29, 0.717) is 23.5 Å². The van der Waals surface area contributed by atoms with Crippen molar-refractivity contribution in [1.82, 2.24) is 5.32 Å². The molecule has 0 aliphatic rings. The second-order valence-electron chi connectivity index (χ2n) is 6.26. The zero-order valence-corrected chi connectivity index (χ0v) is 14.1. The second kappa shape index (κ2) is 8.26. The third-order valence-electron chi connectivity index (χ3n) is 3.60. The molecular formula is C19H25NO4. The highest BCUT2D eigenvalue weighted by molar-refractivity contribution is 5.38. The molecule has 4 N–H and O–H groups in total. The van der Waals surface area contributed by atoms with Crippen LogP contribution in [0, 0.1) is 0 Å². The lowest BCUT2D eigenvalue weighted by Crippen LogP contribution is -2.41. The molecule has 2 aromatic carbocycles. The first kappa shape index (κ1) is 18.4. The van der Waals surface area contributed by atoms with Gasteiger partial charge in [0.25, 0.3) is 0 Å². The number of ether oxygens (including phenoxy) is 1. The molecule has 130 valence electrons. The van der Waals surface area contributed by atoms with Crippen molar-refractivity contribution in [3.8, 4) is 5.75 Å². The van der Waals surface area contributed by atoms with E-state index in [4.69, 9.17) is 4.74 Å². The van der Waals surface area contributed by atoms with Crippen LogP contribution in [0.1, 0.15) is 36.6 Å². The normalized spacial score (nSPS) is 12.9. The van der Waals surface area contributed by atoms with Gasteiger partial charge in [0.05, 0.1) is 12.7 Å². The summed E-state index contributed by atoms with van der Waals surface area (Å²) < 4.78 is 5.77. The predicted molar refractivity (Wildman–Crippen MR) is 92.4 cm³/mol. The van der Waals surface area contributed by atoms with Gasteiger partial charge in [0, 0.05) is 12.1 Å². The van der Waals surface area contributed by atoms with Gasteiger partial charge in [-0.1, -0.05) is 36.4 Å². The van der Waals surface area contributed by atoms with E-state index in [2.05, 4.69) is 5.32 Å². The molecule has 5 heteroatoms. The Bertz CT molecular complexity index is 638. The topological polar surface area (TPSA) is 82.0 Å². The lowest BCUT2D eigenvalue weighted by molar-refractivity contribution is 0.0278. The second-order valence-corrected chi connectivity index (χ2v) is 6.26. The van der Waals surface area contributed by atoms with E-state index >= 15 is 0 Å². The summed E-state index contributed by atoms with van der Waals surface area (Å²) in [6.07, 6.45) is -0.787. The maximum Gasteiger partial charge on any atom is 0.125 e. The fraction of sp³-hybridized carbons (Fsp3) is 0.368. The highest BCUT2D eigenvalue weighted by atomic mass is 16.5. The Hall–Kier alpha value is -1.92. The molecule has 0 saturated carbocycles. The Morgan fingerprint density at radius 3 is 2.46 bits per heavy atom. The van der Waals surface area contributed by atoms with E-state index in [9.17, 15) is 15.3 Å². The monoisotopic (exact) mass is 331 g/mol. The number of rotatable bonds is 8. The van der Waals surface area contributed by atoms with E-state index in [-0.39, 0.29) is 13.2 Å². The molecule has 2 aromatic rings. The minimum absolute atomic E-state index is 0.177. The Balaban J connectivity index is 2.04. The standard InChI is InChI=1S/C19H25NO4/c1-19(2,23)20-11-17(22)15-8-9-18(16(10-15)12-21)24-13-14-6-4-3-5-7-14/h3-10,17,20-23H,11-13H2,1-2H3/t17-/m0/s1. The SMILES string of the molecule is CC(C)(O)NC[C@H](O)c1ccc(OCc2ccccc2)c(CO)c1. The van der Waals surface area contributed by atoms with Gasteiger partial charge in [0.2, 0.25) is 0 Å². The summed E-state index contributed by atoms with van der Waals surface area (Å²) >= 11 is 0. The minimum Gasteiger partial charge on any atom is -0.489 e. The van der Waals surface area contributed by atoms with E-state index < -0.39 is 11.8 Å². The van der Waals surface area contributed by atoms with Crippen molar-refractivity contribution < 1.29 is 20.1 Å². The number of benzene rings is 2. The van der Waals surface area contributed by atoms with Crippen molar-refractivity contribution in [2.75, 3.05) is 6.54 Å². The quantitative estimate of drug-likeness (QED) is 0.557. The maximum atomic E-state index is 10.2. The molecule has 0 radical (unpaired) electrons. The van der Waals surface area contributed by atoms with Crippen molar-refractivity contribution in [1.29, 1.82) is 0 Å². The van der Waals surface area contributed by atoms with Gasteiger partial charge >= 0.3 is 0 Å². The Kier molecular flexibility index (Phi) is 6.34. The summed E-state index contributed by atoms with van der Waals surface area (Å²) in [6, 6.07) is 15.0. The van der Waals surface area contributed by atoms with Crippen LogP contribution in [0.2, 0.25) is 0 Å². The van der Waals surface area contributed by atoms with Gasteiger partial charge in [-0.25, -0.2) is 0 Å². The molecule has 0 aliphatic carbocycles. The molecule has 0 spiro atoms. The van der Waals surface area contributed by atoms with Crippen molar-refractivity contribution in [2.24, 2.45) is 0 Å². The van der Waals surface area contributed by atoms with Crippen LogP contribution in [0.25, 0.3) is 0 Å². The van der Waals surface area contributed by atoms with Gasteiger partial charge in [-0.3, -0.25) is 5.32 Å². The lowest BCUT2D eigenvalue weighted by atomic mass is 10.0. The molecule has 0 heterocycles. The molecule has 0 amide bonds. The zero-order chi connectivity index (χ0) is 17.6. The van der Waals surface area contributed by atoms with Crippen LogP contribution in [0.5, 0.6) is 5.75 Å². The molecule has 2 rings (SSSR count). The molecule has 24 heavy (non-hydrogen) atoms. The Morgan fingerprint density at radius 2 is 1.83 bits per heavy atom. The molecule has 0 aliphatic heterocycles. The molecule has 1 atom stereocenters. The predicted octanol–water partition coefficient (Wildman–Crippen LogP) is 2.11. The summed E-state index contributed by atoms with van der Waals surface area (Å²) in [4.78, 5) is 0. The third kappa shape index (κ3) is 5.62. The summed E-state index contributed by atoms with van der Waals surface area (Å²) in [5.74, 6) is 0.591. The summed E-state index contributed by atoms with van der Waals surface area (Å²) in [6.45, 7) is 3.66. The molecule has 0 aromatic heterocycles. The smallest absolute Gasteiger partial charge is 0.125 e. The van der Waals surface area contributed by atoms with Crippen LogP contribution in [0.3, 0.4) is 0 Å². The van der Waals surface area contributed by atoms with E-state index in [1.165, 1.54) is 0 Å². The van der Waals surface area contributed by atoms with Crippen molar-refractivity contribution in [3.05, 3.63) is 65.2 Å². The zero-order valence-electron chi connectivity index (χ0n) is 14.1. The molecule has 0 saturated heterocycles. The number of hydrogen-bond donors (Lipinski definition) is 4. The first-order chi connectivity index (χ1) is 11.4. The Morgan fingerprint density at radius 1 is 1.12 bits per heavy atom. The first-order valence-corrected chi connectivity index (χ1v) is 7.95. The van der Waals surface area contributed by atoms with Gasteiger partial charge in [0.15, 0.2) is 0 Å². The third-order valence-corrected chi connectivity index (χ3v) is 3.60. The van der Waals surface area contributed by atoms with Gasteiger partial charge < -0.3 is 20.1 Å². The molecule has 0 unspecified atom stereocenters. The van der Waals surface area contributed by atoms with Crippen molar-refractivity contribution >= 4 is 0 Å². The summed E-state index contributed by atoms with van der Waals surface area (Å²) in [7, 11) is 0. The average Bonchev–Trinajstić information content (AvgIpc) is 2.58. The fourth-order valence-corrected chi connectivity index (χ4v) is 2.27. The highest BCUT2D eigenvalue weighted by Crippen LogP contribution is 2.24. The van der Waals surface area contributed by atoms with E-state index in [1.807, 2.05) is 30.3 Å². The van der Waals surface area contributed by atoms with Crippen LogP contribution in [0.15, 0.2) is 48.5 Å². The first-order valence-electron chi connectivity index (χ1n) is 7.95. The minimum atomic E-state index is -1.06. The largest absolute Gasteiger partial charge is 0.489 e. The number of aliphatic hydroxyl groups excluding tert-OH is 2. The molecule has 0 bridgehead atoms. The van der Waals surface area contributed by atoms with Crippen molar-refractivity contribution in [3.63, 3.8) is 0 Å². The van der Waals surface area contributed by atoms with Gasteiger partial charge in [-0.2, -0.15) is 0 Å². The van der Waals surface area contributed by atoms with Crippen LogP contribution in [0.4, 0.5) is 0 Å². The summed E-state index contributed by atoms with van der Waals surface area (Å²) in [5, 5.41) is 32.3. The van der Waals surface area contributed by atoms with Crippen molar-refractivity contribution in [2.45, 2.75) is 38.9 Å². The molecular weight excluding hydrogens is 306 g/mol. The maximum absolute atomic E-state index is 10.2. The lowest BCUT2D eigenvalue weighted by Gasteiger charge is -2.22. The average molecular weight is 331 g/mol. The van der Waals surface area contributed by atoms with Crippen LogP contribution >= 0.6 is 0 Å². The number of hydrogen-bond acceptors (Lipinski definition) is 5. The van der Waals surface area contributed by atoms with Crippen LogP contribution in [-0.2, 0) is 13.2 Å². The van der Waals surface area contributed by atoms with Gasteiger partial charge in [-0.15, -0.1) is 0 Å². The fourth-order valence-electron chi connectivity index (χ4n) is 2.27. The van der Waals surface area contributed by atoms with E-state index in [0.717, 1.165) is 5.56 Å². The number of aliphatic hydroxyl groups is 3. The highest BCUT2D eigenvalue weighted by Gasteiger charge is 2.16. The Labute approximate surface area is 142 Å². The summed E-state index contributed by atoms with van der Waals surface area (Å²) in [5.41, 5.74) is 1.26.